The Morgan fingerprint density at radius 1 is 1.44 bits per heavy atom. The van der Waals surface area contributed by atoms with Crippen LogP contribution in [-0.2, 0) is 9.53 Å². The first-order valence-electron chi connectivity index (χ1n) is 6.23. The summed E-state index contributed by atoms with van der Waals surface area (Å²) in [5, 5.41) is 9.05. The number of likely N-dealkylation sites (tertiary alicyclic amines) is 1. The van der Waals surface area contributed by atoms with Gasteiger partial charge < -0.3 is 9.84 Å². The van der Waals surface area contributed by atoms with Gasteiger partial charge in [-0.1, -0.05) is 6.92 Å². The minimum atomic E-state index is -0.653. The van der Waals surface area contributed by atoms with E-state index in [4.69, 9.17) is 9.84 Å². The fourth-order valence-corrected chi connectivity index (χ4v) is 2.78. The maximum absolute atomic E-state index is 11.0. The topological polar surface area (TPSA) is 49.8 Å². The number of carboxylic acids is 1. The van der Waals surface area contributed by atoms with Gasteiger partial charge in [-0.25, -0.2) is 0 Å². The highest BCUT2D eigenvalue weighted by Crippen LogP contribution is 2.24. The van der Waals surface area contributed by atoms with Gasteiger partial charge in [0.05, 0.1) is 12.0 Å². The molecule has 4 heteroatoms. The Bertz CT molecular complexity index is 251. The Labute approximate surface area is 96.6 Å². The largest absolute Gasteiger partial charge is 0.481 e. The highest BCUT2D eigenvalue weighted by Gasteiger charge is 2.35. The molecule has 0 saturated carbocycles. The fourth-order valence-electron chi connectivity index (χ4n) is 2.78. The van der Waals surface area contributed by atoms with E-state index >= 15 is 0 Å². The molecule has 3 atom stereocenters. The minimum absolute atomic E-state index is 0.191. The molecule has 16 heavy (non-hydrogen) atoms. The van der Waals surface area contributed by atoms with Crippen LogP contribution in [0, 0.1) is 11.8 Å². The van der Waals surface area contributed by atoms with Crippen LogP contribution in [0.25, 0.3) is 0 Å². The Hall–Kier alpha value is -0.610. The third-order valence-corrected chi connectivity index (χ3v) is 3.74. The van der Waals surface area contributed by atoms with E-state index in [9.17, 15) is 4.79 Å². The molecule has 0 spiro atoms. The van der Waals surface area contributed by atoms with Crippen LogP contribution < -0.4 is 0 Å². The van der Waals surface area contributed by atoms with Crippen LogP contribution in [0.1, 0.15) is 26.2 Å². The summed E-state index contributed by atoms with van der Waals surface area (Å²) in [4.78, 5) is 13.2. The van der Waals surface area contributed by atoms with E-state index in [1.165, 1.54) is 12.8 Å². The smallest absolute Gasteiger partial charge is 0.308 e. The van der Waals surface area contributed by atoms with Crippen LogP contribution in [0.5, 0.6) is 0 Å². The van der Waals surface area contributed by atoms with Crippen molar-refractivity contribution in [1.82, 2.24) is 4.90 Å². The molecule has 92 valence electrons. The molecule has 2 heterocycles. The van der Waals surface area contributed by atoms with Gasteiger partial charge in [0.15, 0.2) is 0 Å². The summed E-state index contributed by atoms with van der Waals surface area (Å²) in [6.07, 6.45) is 3.87. The van der Waals surface area contributed by atoms with E-state index in [2.05, 4.69) is 4.90 Å². The highest BCUT2D eigenvalue weighted by molar-refractivity contribution is 5.71. The summed E-state index contributed by atoms with van der Waals surface area (Å²) in [5.74, 6) is -0.579. The van der Waals surface area contributed by atoms with Crippen LogP contribution in [-0.4, -0.2) is 48.3 Å². The average molecular weight is 227 g/mol. The number of carbonyl (C=O) groups is 1. The van der Waals surface area contributed by atoms with Gasteiger partial charge in [-0.2, -0.15) is 0 Å². The quantitative estimate of drug-likeness (QED) is 0.787. The third kappa shape index (κ3) is 2.74. The van der Waals surface area contributed by atoms with Crippen LogP contribution >= 0.6 is 0 Å². The number of nitrogens with zero attached hydrogens (tertiary/aromatic N) is 1. The van der Waals surface area contributed by atoms with E-state index in [0.29, 0.717) is 12.6 Å². The molecular formula is C12H21NO3. The molecule has 1 unspecified atom stereocenters. The number of ether oxygens (including phenoxy) is 1. The second-order valence-electron chi connectivity index (χ2n) is 5.13. The molecule has 0 aromatic rings. The maximum atomic E-state index is 11.0. The third-order valence-electron chi connectivity index (χ3n) is 3.74. The van der Waals surface area contributed by atoms with Gasteiger partial charge in [0.25, 0.3) is 0 Å². The SMILES string of the molecule is C[C@@H]1CN(CC2CCCCO2)C[C@H]1C(=O)O. The Morgan fingerprint density at radius 2 is 2.25 bits per heavy atom. The number of hydrogen-bond donors (Lipinski definition) is 1. The first-order valence-corrected chi connectivity index (χ1v) is 6.23. The molecule has 4 nitrogen and oxygen atoms in total. The van der Waals surface area contributed by atoms with Crippen LogP contribution in [0.3, 0.4) is 0 Å². The molecule has 0 amide bonds. The number of aliphatic carboxylic acids is 1. The van der Waals surface area contributed by atoms with E-state index in [0.717, 1.165) is 26.1 Å². The van der Waals surface area contributed by atoms with Crippen molar-refractivity contribution in [1.29, 1.82) is 0 Å². The maximum Gasteiger partial charge on any atom is 0.308 e. The zero-order valence-electron chi connectivity index (χ0n) is 9.89. The molecule has 0 aliphatic carbocycles. The normalized spacial score (nSPS) is 36.4. The van der Waals surface area contributed by atoms with E-state index in [1.807, 2.05) is 6.92 Å². The van der Waals surface area contributed by atoms with Crippen molar-refractivity contribution in [3.8, 4) is 0 Å². The Kier molecular flexibility index (Phi) is 3.82. The second-order valence-corrected chi connectivity index (χ2v) is 5.13. The summed E-state index contributed by atoms with van der Waals surface area (Å²) < 4.78 is 5.68. The summed E-state index contributed by atoms with van der Waals surface area (Å²) in [5.41, 5.74) is 0. The monoisotopic (exact) mass is 227 g/mol. The lowest BCUT2D eigenvalue weighted by molar-refractivity contribution is -0.142. The van der Waals surface area contributed by atoms with Gasteiger partial charge in [0.2, 0.25) is 0 Å². The van der Waals surface area contributed by atoms with Crippen LogP contribution in [0.15, 0.2) is 0 Å². The van der Waals surface area contributed by atoms with Gasteiger partial charge in [-0.15, -0.1) is 0 Å². The molecule has 0 aromatic carbocycles. The van der Waals surface area contributed by atoms with Crippen LogP contribution in [0.2, 0.25) is 0 Å². The first-order chi connectivity index (χ1) is 7.66. The van der Waals surface area contributed by atoms with Gasteiger partial charge >= 0.3 is 5.97 Å². The molecule has 0 radical (unpaired) electrons. The number of hydrogen-bond acceptors (Lipinski definition) is 3. The molecule has 2 aliphatic heterocycles. The van der Waals surface area contributed by atoms with Crippen LogP contribution in [0.4, 0.5) is 0 Å². The molecule has 1 N–H and O–H groups in total. The van der Waals surface area contributed by atoms with E-state index in [-0.39, 0.29) is 11.8 Å². The lowest BCUT2D eigenvalue weighted by Gasteiger charge is -2.27. The predicted octanol–water partition coefficient (Wildman–Crippen LogP) is 1.21. The van der Waals surface area contributed by atoms with Crippen molar-refractivity contribution in [3.05, 3.63) is 0 Å². The van der Waals surface area contributed by atoms with Gasteiger partial charge in [0, 0.05) is 26.2 Å². The van der Waals surface area contributed by atoms with Crippen molar-refractivity contribution in [2.24, 2.45) is 11.8 Å². The number of carboxylic acid groups (broad SMARTS) is 1. The fraction of sp³-hybridized carbons (Fsp3) is 0.917. The lowest BCUT2D eigenvalue weighted by Crippen LogP contribution is -2.35. The molecule has 0 aromatic heterocycles. The summed E-state index contributed by atoms with van der Waals surface area (Å²) in [6.45, 7) is 5.40. The zero-order chi connectivity index (χ0) is 11.5. The number of rotatable bonds is 3. The first kappa shape index (κ1) is 11.9. The van der Waals surface area contributed by atoms with Crippen molar-refractivity contribution in [3.63, 3.8) is 0 Å². The van der Waals surface area contributed by atoms with E-state index < -0.39 is 5.97 Å². The average Bonchev–Trinajstić information content (AvgIpc) is 2.61. The van der Waals surface area contributed by atoms with Gasteiger partial charge in [-0.3, -0.25) is 9.69 Å². The Balaban J connectivity index is 1.81. The Morgan fingerprint density at radius 3 is 2.81 bits per heavy atom. The molecule has 2 rings (SSSR count). The molecule has 2 saturated heterocycles. The van der Waals surface area contributed by atoms with Crippen molar-refractivity contribution in [2.75, 3.05) is 26.2 Å². The summed E-state index contributed by atoms with van der Waals surface area (Å²) in [6, 6.07) is 0. The standard InChI is InChI=1S/C12H21NO3/c1-9-6-13(8-11(9)12(14)15)7-10-4-2-3-5-16-10/h9-11H,2-8H2,1H3,(H,14,15)/t9-,10?,11-/m1/s1. The predicted molar refractivity (Wildman–Crippen MR) is 60.3 cm³/mol. The second kappa shape index (κ2) is 5.15. The zero-order valence-corrected chi connectivity index (χ0v) is 9.89. The van der Waals surface area contributed by atoms with E-state index in [1.54, 1.807) is 0 Å². The van der Waals surface area contributed by atoms with Gasteiger partial charge in [0.1, 0.15) is 0 Å². The lowest BCUT2D eigenvalue weighted by atomic mass is 9.99. The minimum Gasteiger partial charge on any atom is -0.481 e. The van der Waals surface area contributed by atoms with Crippen molar-refractivity contribution < 1.29 is 14.6 Å². The molecule has 2 aliphatic rings. The van der Waals surface area contributed by atoms with Gasteiger partial charge in [-0.05, 0) is 25.2 Å². The highest BCUT2D eigenvalue weighted by atomic mass is 16.5. The molecular weight excluding hydrogens is 206 g/mol. The van der Waals surface area contributed by atoms with Crippen molar-refractivity contribution >= 4 is 5.97 Å². The molecule has 0 bridgehead atoms. The van der Waals surface area contributed by atoms with Crippen molar-refractivity contribution in [2.45, 2.75) is 32.3 Å². The summed E-state index contributed by atoms with van der Waals surface area (Å²) in [7, 11) is 0. The molecule has 2 fully saturated rings. The summed E-state index contributed by atoms with van der Waals surface area (Å²) >= 11 is 0.